The predicted molar refractivity (Wildman–Crippen MR) is 81.3 cm³/mol. The predicted octanol–water partition coefficient (Wildman–Crippen LogP) is 4.91. The fourth-order valence-electron chi connectivity index (χ4n) is 6.44. The van der Waals surface area contributed by atoms with Crippen LogP contribution in [-0.2, 0) is 4.79 Å². The normalized spacial score (nSPS) is 51.0. The van der Waals surface area contributed by atoms with E-state index in [1.54, 1.807) is 5.57 Å². The zero-order valence-corrected chi connectivity index (χ0v) is 13.1. The third kappa shape index (κ3) is 1.53. The van der Waals surface area contributed by atoms with Gasteiger partial charge < -0.3 is 0 Å². The Morgan fingerprint density at radius 2 is 1.90 bits per heavy atom. The minimum absolute atomic E-state index is 0.0704. The van der Waals surface area contributed by atoms with Crippen LogP contribution in [0.4, 0.5) is 0 Å². The molecule has 0 aromatic heterocycles. The molecule has 0 N–H and O–H groups in total. The lowest BCUT2D eigenvalue weighted by atomic mass is 9.46. The summed E-state index contributed by atoms with van der Waals surface area (Å²) in [6.45, 7) is 4.83. The summed E-state index contributed by atoms with van der Waals surface area (Å²) in [6, 6.07) is 0. The minimum atomic E-state index is -0.0704. The van der Waals surface area contributed by atoms with Gasteiger partial charge in [-0.05, 0) is 68.6 Å². The lowest BCUT2D eigenvalue weighted by Gasteiger charge is -2.58. The van der Waals surface area contributed by atoms with Gasteiger partial charge in [-0.25, -0.2) is 0 Å². The molecule has 0 bridgehead atoms. The molecule has 1 nitrogen and oxygen atoms in total. The van der Waals surface area contributed by atoms with E-state index in [1.165, 1.54) is 44.9 Å². The summed E-state index contributed by atoms with van der Waals surface area (Å²) in [5.74, 6) is 3.08. The molecule has 0 spiro atoms. The van der Waals surface area contributed by atoms with Crippen LogP contribution in [0.1, 0.15) is 71.6 Å². The molecule has 0 heterocycles. The summed E-state index contributed by atoms with van der Waals surface area (Å²) in [6.07, 6.45) is 14.0. The molecule has 3 saturated carbocycles. The number of hydrogen-bond donors (Lipinski definition) is 0. The van der Waals surface area contributed by atoms with Gasteiger partial charge in [-0.15, -0.1) is 0 Å². The van der Waals surface area contributed by atoms with E-state index >= 15 is 0 Å². The van der Waals surface area contributed by atoms with Gasteiger partial charge in [0.05, 0.1) is 0 Å². The first-order valence-corrected chi connectivity index (χ1v) is 8.79. The molecule has 0 saturated heterocycles. The molecular weight excluding hydrogens is 244 g/mol. The van der Waals surface area contributed by atoms with Gasteiger partial charge in [-0.3, -0.25) is 4.79 Å². The van der Waals surface area contributed by atoms with Gasteiger partial charge in [0, 0.05) is 11.8 Å². The lowest BCUT2D eigenvalue weighted by Crippen LogP contribution is -2.50. The van der Waals surface area contributed by atoms with Gasteiger partial charge in [0.1, 0.15) is 5.78 Å². The Morgan fingerprint density at radius 3 is 2.75 bits per heavy atom. The number of carbonyl (C=O) groups excluding carboxylic acids is 1. The molecule has 0 aromatic carbocycles. The summed E-state index contributed by atoms with van der Waals surface area (Å²) in [5, 5.41) is 0. The van der Waals surface area contributed by atoms with Crippen molar-refractivity contribution in [3.63, 3.8) is 0 Å². The number of rotatable bonds is 0. The maximum atomic E-state index is 12.3. The highest BCUT2D eigenvalue weighted by molar-refractivity contribution is 5.92. The van der Waals surface area contributed by atoms with Gasteiger partial charge in [-0.1, -0.05) is 31.4 Å². The lowest BCUT2D eigenvalue weighted by molar-refractivity contribution is -0.127. The topological polar surface area (TPSA) is 17.1 Å². The monoisotopic (exact) mass is 272 g/mol. The molecule has 0 aliphatic heterocycles. The molecule has 3 fully saturated rings. The summed E-state index contributed by atoms with van der Waals surface area (Å²) in [4.78, 5) is 12.3. The number of Topliss-reactive ketones (excluding diaryl/α,β-unsaturated/α-hetero) is 1. The zero-order valence-electron chi connectivity index (χ0n) is 13.1. The summed E-state index contributed by atoms with van der Waals surface area (Å²) >= 11 is 0. The standard InChI is InChI=1S/C19H28O/c1-18-11-4-3-5-13(18)6-7-14-15-8-9-17(20)19(15,2)12-10-16(14)18/h8,13-14,16H,3-7,9-12H2,1-2H3/t13-,14?,16?,18?,19?/m1/s1. The zero-order chi connectivity index (χ0) is 14.0. The van der Waals surface area contributed by atoms with E-state index < -0.39 is 0 Å². The van der Waals surface area contributed by atoms with Crippen molar-refractivity contribution in [2.45, 2.75) is 71.6 Å². The molecule has 1 heteroatoms. The Kier molecular flexibility index (Phi) is 2.76. The Balaban J connectivity index is 1.70. The molecule has 4 aliphatic rings. The SMILES string of the molecule is CC12CCC3C(CC[C@H]4CCCCC34C)C1=CCC2=O. The van der Waals surface area contributed by atoms with E-state index in [0.717, 1.165) is 30.6 Å². The Morgan fingerprint density at radius 1 is 1.05 bits per heavy atom. The number of allylic oxidation sites excluding steroid dienone is 2. The molecule has 5 atom stereocenters. The molecular formula is C19H28O. The summed E-state index contributed by atoms with van der Waals surface area (Å²) in [5.41, 5.74) is 2.07. The second kappa shape index (κ2) is 4.21. The molecule has 20 heavy (non-hydrogen) atoms. The fraction of sp³-hybridized carbons (Fsp3) is 0.842. The van der Waals surface area contributed by atoms with Gasteiger partial charge in [0.15, 0.2) is 0 Å². The first-order valence-electron chi connectivity index (χ1n) is 8.79. The number of carbonyl (C=O) groups is 1. The van der Waals surface area contributed by atoms with Crippen molar-refractivity contribution in [2.24, 2.45) is 28.6 Å². The second-order valence-electron chi connectivity index (χ2n) is 8.40. The van der Waals surface area contributed by atoms with Crippen LogP contribution >= 0.6 is 0 Å². The number of hydrogen-bond acceptors (Lipinski definition) is 1. The van der Waals surface area contributed by atoms with E-state index in [2.05, 4.69) is 19.9 Å². The van der Waals surface area contributed by atoms with Crippen molar-refractivity contribution in [2.75, 3.05) is 0 Å². The maximum absolute atomic E-state index is 12.3. The Hall–Kier alpha value is -0.590. The third-order valence-corrected chi connectivity index (χ3v) is 7.72. The molecule has 4 rings (SSSR count). The van der Waals surface area contributed by atoms with Gasteiger partial charge in [0.25, 0.3) is 0 Å². The van der Waals surface area contributed by atoms with Crippen LogP contribution in [0.25, 0.3) is 0 Å². The highest BCUT2D eigenvalue weighted by Gasteiger charge is 2.56. The van der Waals surface area contributed by atoms with Gasteiger partial charge >= 0.3 is 0 Å². The summed E-state index contributed by atoms with van der Waals surface area (Å²) < 4.78 is 0. The average Bonchev–Trinajstić information content (AvgIpc) is 2.74. The van der Waals surface area contributed by atoms with Crippen molar-refractivity contribution < 1.29 is 4.79 Å². The maximum Gasteiger partial charge on any atom is 0.146 e. The van der Waals surface area contributed by atoms with Crippen molar-refractivity contribution in [1.82, 2.24) is 0 Å². The van der Waals surface area contributed by atoms with Crippen molar-refractivity contribution >= 4 is 5.78 Å². The van der Waals surface area contributed by atoms with Crippen LogP contribution in [0.15, 0.2) is 11.6 Å². The smallest absolute Gasteiger partial charge is 0.146 e. The number of ketones is 1. The van der Waals surface area contributed by atoms with Crippen LogP contribution in [0.3, 0.4) is 0 Å². The van der Waals surface area contributed by atoms with Crippen molar-refractivity contribution in [1.29, 1.82) is 0 Å². The van der Waals surface area contributed by atoms with Crippen molar-refractivity contribution in [3.8, 4) is 0 Å². The second-order valence-corrected chi connectivity index (χ2v) is 8.40. The van der Waals surface area contributed by atoms with Crippen molar-refractivity contribution in [3.05, 3.63) is 11.6 Å². The first-order chi connectivity index (χ1) is 9.56. The van der Waals surface area contributed by atoms with E-state index in [1.807, 2.05) is 0 Å². The molecule has 110 valence electrons. The largest absolute Gasteiger partial charge is 0.298 e. The van der Waals surface area contributed by atoms with E-state index in [0.29, 0.717) is 11.2 Å². The summed E-state index contributed by atoms with van der Waals surface area (Å²) in [7, 11) is 0. The van der Waals surface area contributed by atoms with Crippen LogP contribution in [0.2, 0.25) is 0 Å². The van der Waals surface area contributed by atoms with Crippen LogP contribution in [0.5, 0.6) is 0 Å². The van der Waals surface area contributed by atoms with E-state index in [9.17, 15) is 4.79 Å². The third-order valence-electron chi connectivity index (χ3n) is 7.72. The number of fused-ring (bicyclic) bond motifs is 5. The van der Waals surface area contributed by atoms with Gasteiger partial charge in [0.2, 0.25) is 0 Å². The Labute approximate surface area is 123 Å². The average molecular weight is 272 g/mol. The quantitative estimate of drug-likeness (QED) is 0.573. The van der Waals surface area contributed by atoms with Crippen LogP contribution in [-0.4, -0.2) is 5.78 Å². The minimum Gasteiger partial charge on any atom is -0.298 e. The van der Waals surface area contributed by atoms with E-state index in [4.69, 9.17) is 0 Å². The molecule has 4 unspecified atom stereocenters. The first kappa shape index (κ1) is 13.1. The van der Waals surface area contributed by atoms with E-state index in [-0.39, 0.29) is 5.41 Å². The molecule has 0 aromatic rings. The highest BCUT2D eigenvalue weighted by Crippen LogP contribution is 2.64. The van der Waals surface area contributed by atoms with Crippen LogP contribution < -0.4 is 0 Å². The van der Waals surface area contributed by atoms with Gasteiger partial charge in [-0.2, -0.15) is 0 Å². The Bertz CT molecular complexity index is 476. The van der Waals surface area contributed by atoms with Crippen LogP contribution in [0, 0.1) is 28.6 Å². The highest BCUT2D eigenvalue weighted by atomic mass is 16.1. The molecule has 0 amide bonds. The fourth-order valence-corrected chi connectivity index (χ4v) is 6.44. The molecule has 4 aliphatic carbocycles. The molecule has 0 radical (unpaired) electrons.